The summed E-state index contributed by atoms with van der Waals surface area (Å²) >= 11 is 6.03. The molecule has 142 valence electrons. The van der Waals surface area contributed by atoms with Crippen molar-refractivity contribution in [3.8, 4) is 5.75 Å². The Morgan fingerprint density at radius 3 is 2.59 bits per heavy atom. The highest BCUT2D eigenvalue weighted by molar-refractivity contribution is 6.30. The molecule has 2 N–H and O–H groups in total. The van der Waals surface area contributed by atoms with E-state index in [1.54, 1.807) is 0 Å². The van der Waals surface area contributed by atoms with Gasteiger partial charge in [-0.25, -0.2) is 18.4 Å². The number of benzene rings is 2. The molecule has 0 spiro atoms. The molecule has 0 saturated heterocycles. The predicted octanol–water partition coefficient (Wildman–Crippen LogP) is 3.71. The van der Waals surface area contributed by atoms with Crippen molar-refractivity contribution in [1.82, 2.24) is 4.90 Å². The first-order valence-corrected chi connectivity index (χ1v) is 8.27. The van der Waals surface area contributed by atoms with Gasteiger partial charge in [0.05, 0.1) is 6.04 Å². The molecule has 6 nitrogen and oxygen atoms in total. The van der Waals surface area contributed by atoms with Crippen molar-refractivity contribution in [2.24, 2.45) is 0 Å². The Morgan fingerprint density at radius 1 is 1.19 bits per heavy atom. The van der Waals surface area contributed by atoms with Gasteiger partial charge in [-0.1, -0.05) is 11.6 Å². The van der Waals surface area contributed by atoms with Crippen LogP contribution in [0.4, 0.5) is 13.6 Å². The molecule has 1 aliphatic rings. The molecule has 1 atom stereocenters. The number of carboxylic acid groups (broad SMARTS) is 2. The van der Waals surface area contributed by atoms with Gasteiger partial charge in [-0.15, -0.1) is 0 Å². The molecule has 3 rings (SSSR count). The minimum absolute atomic E-state index is 0.0273. The minimum atomic E-state index is -1.29. The molecule has 1 aliphatic heterocycles. The normalized spacial score (nSPS) is 16.0. The Balaban J connectivity index is 2.20. The van der Waals surface area contributed by atoms with Crippen molar-refractivity contribution in [3.63, 3.8) is 0 Å². The largest absolute Gasteiger partial charge is 0.482 e. The summed E-state index contributed by atoms with van der Waals surface area (Å²) in [5, 5.41) is 18.7. The van der Waals surface area contributed by atoms with Crippen molar-refractivity contribution in [1.29, 1.82) is 0 Å². The zero-order valence-electron chi connectivity index (χ0n) is 13.8. The second kappa shape index (κ2) is 7.40. The molecule has 9 heteroatoms. The van der Waals surface area contributed by atoms with E-state index in [0.29, 0.717) is 0 Å². The van der Waals surface area contributed by atoms with Crippen LogP contribution in [0.5, 0.6) is 5.75 Å². The standard InChI is InChI=1S/C18H14ClF2NO5/c19-9-1-2-15(27-8-16(23)24)13(5-9)17-12-6-10(20)7-14(21)11(12)3-4-22(17)18(25)26/h1-2,5-7,17H,3-4,8H2,(H,23,24)(H,25,26). The highest BCUT2D eigenvalue weighted by Crippen LogP contribution is 2.41. The first-order chi connectivity index (χ1) is 12.8. The van der Waals surface area contributed by atoms with Crippen LogP contribution in [0.2, 0.25) is 5.02 Å². The fraction of sp³-hybridized carbons (Fsp3) is 0.222. The highest BCUT2D eigenvalue weighted by Gasteiger charge is 2.36. The van der Waals surface area contributed by atoms with E-state index in [1.165, 1.54) is 18.2 Å². The van der Waals surface area contributed by atoms with Crippen LogP contribution in [0.15, 0.2) is 30.3 Å². The molecule has 2 aromatic carbocycles. The van der Waals surface area contributed by atoms with Crippen LogP contribution < -0.4 is 4.74 Å². The number of fused-ring (bicyclic) bond motifs is 1. The minimum Gasteiger partial charge on any atom is -0.482 e. The first-order valence-electron chi connectivity index (χ1n) is 7.89. The second-order valence-electron chi connectivity index (χ2n) is 5.95. The number of hydrogen-bond donors (Lipinski definition) is 2. The van der Waals surface area contributed by atoms with Crippen LogP contribution in [0.3, 0.4) is 0 Å². The summed E-state index contributed by atoms with van der Waals surface area (Å²) in [7, 11) is 0. The van der Waals surface area contributed by atoms with E-state index in [4.69, 9.17) is 21.4 Å². The van der Waals surface area contributed by atoms with Gasteiger partial charge in [-0.3, -0.25) is 4.90 Å². The monoisotopic (exact) mass is 397 g/mol. The summed E-state index contributed by atoms with van der Waals surface area (Å²) in [4.78, 5) is 23.6. The van der Waals surface area contributed by atoms with Crippen molar-refractivity contribution >= 4 is 23.7 Å². The number of rotatable bonds is 4. The quantitative estimate of drug-likeness (QED) is 0.821. The molecule has 27 heavy (non-hydrogen) atoms. The van der Waals surface area contributed by atoms with Crippen LogP contribution in [0.1, 0.15) is 22.7 Å². The van der Waals surface area contributed by atoms with Crippen molar-refractivity contribution in [2.75, 3.05) is 13.2 Å². The summed E-state index contributed by atoms with van der Waals surface area (Å²) in [5.41, 5.74) is 0.531. The van der Waals surface area contributed by atoms with Gasteiger partial charge >= 0.3 is 12.1 Å². The van der Waals surface area contributed by atoms with E-state index in [-0.39, 0.29) is 40.4 Å². The average Bonchev–Trinajstić information content (AvgIpc) is 2.59. The van der Waals surface area contributed by atoms with Gasteiger partial charge in [-0.05, 0) is 41.8 Å². The van der Waals surface area contributed by atoms with E-state index in [0.717, 1.165) is 17.0 Å². The molecule has 2 aromatic rings. The molecule has 1 heterocycles. The maximum atomic E-state index is 14.2. The van der Waals surface area contributed by atoms with Gasteiger partial charge < -0.3 is 14.9 Å². The van der Waals surface area contributed by atoms with Crippen molar-refractivity contribution in [3.05, 3.63) is 63.7 Å². The Kier molecular flexibility index (Phi) is 5.18. The lowest BCUT2D eigenvalue weighted by Gasteiger charge is -2.36. The predicted molar refractivity (Wildman–Crippen MR) is 91.2 cm³/mol. The fourth-order valence-electron chi connectivity index (χ4n) is 3.21. The van der Waals surface area contributed by atoms with Crippen LogP contribution in [0.25, 0.3) is 0 Å². The Morgan fingerprint density at radius 2 is 1.93 bits per heavy atom. The third-order valence-electron chi connectivity index (χ3n) is 4.27. The molecule has 0 aliphatic carbocycles. The molecule has 0 radical (unpaired) electrons. The number of hydrogen-bond acceptors (Lipinski definition) is 3. The van der Waals surface area contributed by atoms with Crippen molar-refractivity contribution in [2.45, 2.75) is 12.5 Å². The van der Waals surface area contributed by atoms with Gasteiger partial charge in [-0.2, -0.15) is 0 Å². The SMILES string of the molecule is O=C(O)COc1ccc(Cl)cc1C1c2cc(F)cc(F)c2CCN1C(=O)O. The van der Waals surface area contributed by atoms with Crippen molar-refractivity contribution < 1.29 is 33.3 Å². The summed E-state index contributed by atoms with van der Waals surface area (Å²) in [6, 6.07) is 4.95. The third-order valence-corrected chi connectivity index (χ3v) is 4.50. The van der Waals surface area contributed by atoms with Gasteiger partial charge in [0.2, 0.25) is 0 Å². The van der Waals surface area contributed by atoms with Crippen LogP contribution in [-0.2, 0) is 11.2 Å². The number of carbonyl (C=O) groups is 2. The second-order valence-corrected chi connectivity index (χ2v) is 6.38. The van der Waals surface area contributed by atoms with Gasteiger partial charge in [0, 0.05) is 23.2 Å². The number of carboxylic acids is 1. The van der Waals surface area contributed by atoms with Crippen LogP contribution in [-0.4, -0.2) is 40.3 Å². The number of halogens is 3. The highest BCUT2D eigenvalue weighted by atomic mass is 35.5. The molecule has 1 amide bonds. The number of ether oxygens (including phenoxy) is 1. The van der Waals surface area contributed by atoms with Gasteiger partial charge in [0.1, 0.15) is 17.4 Å². The van der Waals surface area contributed by atoms with Gasteiger partial charge in [0.15, 0.2) is 6.61 Å². The maximum absolute atomic E-state index is 14.2. The van der Waals surface area contributed by atoms with E-state index in [1.807, 2.05) is 0 Å². The van der Waals surface area contributed by atoms with Crippen LogP contribution >= 0.6 is 11.6 Å². The average molecular weight is 398 g/mol. The van der Waals surface area contributed by atoms with E-state index < -0.39 is 36.3 Å². The Labute approximate surface area is 157 Å². The molecular formula is C18H14ClF2NO5. The third kappa shape index (κ3) is 3.80. The molecule has 0 bridgehead atoms. The molecule has 0 aromatic heterocycles. The number of nitrogens with zero attached hydrogens (tertiary/aromatic N) is 1. The lowest BCUT2D eigenvalue weighted by Crippen LogP contribution is -2.40. The zero-order valence-corrected chi connectivity index (χ0v) is 14.5. The van der Waals surface area contributed by atoms with Crippen LogP contribution in [0, 0.1) is 11.6 Å². The number of amides is 1. The lowest BCUT2D eigenvalue weighted by atomic mass is 9.87. The van der Waals surface area contributed by atoms with E-state index >= 15 is 0 Å². The molecule has 1 unspecified atom stereocenters. The fourth-order valence-corrected chi connectivity index (χ4v) is 3.39. The topological polar surface area (TPSA) is 87.1 Å². The number of aliphatic carboxylic acids is 1. The zero-order chi connectivity index (χ0) is 19.7. The maximum Gasteiger partial charge on any atom is 0.408 e. The van der Waals surface area contributed by atoms with E-state index in [2.05, 4.69) is 0 Å². The first kappa shape index (κ1) is 18.9. The summed E-state index contributed by atoms with van der Waals surface area (Å²) < 4.78 is 33.4. The Bertz CT molecular complexity index is 921. The lowest BCUT2D eigenvalue weighted by molar-refractivity contribution is -0.139. The summed E-state index contributed by atoms with van der Waals surface area (Å²) in [5.74, 6) is -2.78. The Hall–Kier alpha value is -2.87. The van der Waals surface area contributed by atoms with E-state index in [9.17, 15) is 23.5 Å². The smallest absolute Gasteiger partial charge is 0.408 e. The molecular weight excluding hydrogens is 384 g/mol. The summed E-state index contributed by atoms with van der Waals surface area (Å²) in [6.07, 6.45) is -1.21. The summed E-state index contributed by atoms with van der Waals surface area (Å²) in [6.45, 7) is -0.695. The molecule has 0 saturated carbocycles. The van der Waals surface area contributed by atoms with Gasteiger partial charge in [0.25, 0.3) is 0 Å². The molecule has 0 fully saturated rings.